The maximum Gasteiger partial charge on any atom is 0.255 e. The molecule has 0 aliphatic heterocycles. The van der Waals surface area contributed by atoms with Gasteiger partial charge >= 0.3 is 0 Å². The van der Waals surface area contributed by atoms with Crippen LogP contribution in [0.5, 0.6) is 0 Å². The van der Waals surface area contributed by atoms with Crippen LogP contribution in [0.2, 0.25) is 0 Å². The number of rotatable bonds is 6. The Morgan fingerprint density at radius 3 is 2.24 bits per heavy atom. The van der Waals surface area contributed by atoms with Crippen molar-refractivity contribution in [2.45, 2.75) is 38.0 Å². The average molecular weight is 338 g/mol. The highest BCUT2D eigenvalue weighted by Gasteiger charge is 2.22. The van der Waals surface area contributed by atoms with E-state index in [4.69, 9.17) is 5.21 Å². The van der Waals surface area contributed by atoms with Gasteiger partial charge in [-0.2, -0.15) is 0 Å². The van der Waals surface area contributed by atoms with Crippen LogP contribution < -0.4 is 10.8 Å². The van der Waals surface area contributed by atoms with Crippen molar-refractivity contribution < 1.29 is 10.0 Å². The number of nitrogens with one attached hydrogen (secondary N) is 2. The number of hydrogen-bond donors (Lipinski definition) is 3. The maximum atomic E-state index is 12.2. The molecule has 0 saturated heterocycles. The topological polar surface area (TPSA) is 61.4 Å². The van der Waals surface area contributed by atoms with Gasteiger partial charge in [0.05, 0.1) is 5.92 Å². The fourth-order valence-electron chi connectivity index (χ4n) is 3.65. The van der Waals surface area contributed by atoms with Gasteiger partial charge in [-0.3, -0.25) is 10.0 Å². The minimum absolute atomic E-state index is 0.422. The molecule has 1 fully saturated rings. The molecule has 132 valence electrons. The van der Waals surface area contributed by atoms with Gasteiger partial charge in [0.15, 0.2) is 0 Å². The number of carbonyl (C=O) groups is 1. The van der Waals surface area contributed by atoms with E-state index >= 15 is 0 Å². The molecular weight excluding hydrogens is 312 g/mol. The first-order valence-corrected chi connectivity index (χ1v) is 9.10. The molecule has 1 unspecified atom stereocenters. The Bertz CT molecular complexity index is 664. The number of hydrogen-bond acceptors (Lipinski definition) is 3. The zero-order valence-electron chi connectivity index (χ0n) is 14.4. The molecular formula is C21H26N2O2. The molecule has 1 saturated carbocycles. The first-order valence-electron chi connectivity index (χ1n) is 9.10. The third-order valence-electron chi connectivity index (χ3n) is 5.07. The highest BCUT2D eigenvalue weighted by atomic mass is 16.5. The van der Waals surface area contributed by atoms with Crippen LogP contribution in [0.15, 0.2) is 54.6 Å². The SMILES string of the molecule is O=C(NO)C(c1ccccc1)c1ccc(NCC2CCCCC2)cc1. The molecule has 2 aromatic carbocycles. The molecule has 0 bridgehead atoms. The van der Waals surface area contributed by atoms with Crippen molar-refractivity contribution in [3.05, 3.63) is 65.7 Å². The summed E-state index contributed by atoms with van der Waals surface area (Å²) in [4.78, 5) is 12.2. The zero-order chi connectivity index (χ0) is 17.5. The van der Waals surface area contributed by atoms with Gasteiger partial charge in [-0.25, -0.2) is 5.48 Å². The third-order valence-corrected chi connectivity index (χ3v) is 5.07. The minimum atomic E-state index is -0.515. The van der Waals surface area contributed by atoms with Gasteiger partial charge in [-0.15, -0.1) is 0 Å². The molecule has 3 rings (SSSR count). The first kappa shape index (κ1) is 17.5. The lowest BCUT2D eigenvalue weighted by Crippen LogP contribution is -2.27. The Morgan fingerprint density at radius 1 is 0.960 bits per heavy atom. The number of benzene rings is 2. The summed E-state index contributed by atoms with van der Waals surface area (Å²) >= 11 is 0. The van der Waals surface area contributed by atoms with E-state index in [1.54, 1.807) is 5.48 Å². The van der Waals surface area contributed by atoms with Crippen LogP contribution in [-0.4, -0.2) is 17.7 Å². The molecule has 0 radical (unpaired) electrons. The zero-order valence-corrected chi connectivity index (χ0v) is 14.4. The van der Waals surface area contributed by atoms with Gasteiger partial charge in [-0.1, -0.05) is 61.7 Å². The number of anilines is 1. The fraction of sp³-hybridized carbons (Fsp3) is 0.381. The van der Waals surface area contributed by atoms with Crippen LogP contribution in [0.25, 0.3) is 0 Å². The molecule has 3 N–H and O–H groups in total. The summed E-state index contributed by atoms with van der Waals surface area (Å²) in [6, 6.07) is 17.4. The second kappa shape index (κ2) is 8.67. The van der Waals surface area contributed by atoms with Crippen LogP contribution in [0.1, 0.15) is 49.1 Å². The number of carbonyl (C=O) groups excluding carboxylic acids is 1. The Balaban J connectivity index is 1.69. The highest BCUT2D eigenvalue weighted by molar-refractivity contribution is 5.86. The summed E-state index contributed by atoms with van der Waals surface area (Å²) in [5, 5.41) is 12.6. The van der Waals surface area contributed by atoms with Crippen LogP contribution >= 0.6 is 0 Å². The Hall–Kier alpha value is -2.33. The van der Waals surface area contributed by atoms with Gasteiger partial charge in [0.25, 0.3) is 5.91 Å². The standard InChI is InChI=1S/C21H26N2O2/c24-21(23-25)20(17-9-5-2-6-10-17)18-11-13-19(14-12-18)22-15-16-7-3-1-4-8-16/h2,5-6,9-14,16,20,22,25H,1,3-4,7-8,15H2,(H,23,24). The van der Waals surface area contributed by atoms with Crippen LogP contribution in [0.4, 0.5) is 5.69 Å². The smallest absolute Gasteiger partial charge is 0.255 e. The summed E-state index contributed by atoms with van der Waals surface area (Å²) in [5.41, 5.74) is 4.59. The summed E-state index contributed by atoms with van der Waals surface area (Å²) in [5.74, 6) is -0.168. The van der Waals surface area contributed by atoms with E-state index < -0.39 is 11.8 Å². The predicted molar refractivity (Wildman–Crippen MR) is 99.7 cm³/mol. The molecule has 0 aromatic heterocycles. The van der Waals surface area contributed by atoms with Crippen molar-refractivity contribution in [2.75, 3.05) is 11.9 Å². The third kappa shape index (κ3) is 4.60. The van der Waals surface area contributed by atoms with Crippen molar-refractivity contribution in [1.29, 1.82) is 0 Å². The van der Waals surface area contributed by atoms with Crippen LogP contribution in [-0.2, 0) is 4.79 Å². The molecule has 1 atom stereocenters. The van der Waals surface area contributed by atoms with Gasteiger partial charge < -0.3 is 5.32 Å². The van der Waals surface area contributed by atoms with Crippen molar-refractivity contribution in [1.82, 2.24) is 5.48 Å². The Morgan fingerprint density at radius 2 is 1.60 bits per heavy atom. The lowest BCUT2D eigenvalue weighted by molar-refractivity contribution is -0.129. The predicted octanol–water partition coefficient (Wildman–Crippen LogP) is 4.32. The highest BCUT2D eigenvalue weighted by Crippen LogP contribution is 2.27. The monoisotopic (exact) mass is 338 g/mol. The van der Waals surface area contributed by atoms with E-state index in [1.165, 1.54) is 32.1 Å². The van der Waals surface area contributed by atoms with Crippen LogP contribution in [0.3, 0.4) is 0 Å². The Labute approximate surface area is 149 Å². The van der Waals surface area contributed by atoms with Crippen molar-refractivity contribution in [2.24, 2.45) is 5.92 Å². The van der Waals surface area contributed by atoms with E-state index in [0.717, 1.165) is 29.3 Å². The van der Waals surface area contributed by atoms with Crippen molar-refractivity contribution in [3.8, 4) is 0 Å². The molecule has 0 spiro atoms. The van der Waals surface area contributed by atoms with E-state index in [2.05, 4.69) is 5.32 Å². The molecule has 1 aliphatic carbocycles. The average Bonchev–Trinajstić information content (AvgIpc) is 2.69. The molecule has 0 heterocycles. The fourth-order valence-corrected chi connectivity index (χ4v) is 3.65. The van der Waals surface area contributed by atoms with Gasteiger partial charge in [0, 0.05) is 12.2 Å². The number of amides is 1. The molecule has 2 aromatic rings. The summed E-state index contributed by atoms with van der Waals surface area (Å²) in [6.07, 6.45) is 6.70. The van der Waals surface area contributed by atoms with Gasteiger partial charge in [0.2, 0.25) is 0 Å². The van der Waals surface area contributed by atoms with E-state index in [1.807, 2.05) is 54.6 Å². The molecule has 4 heteroatoms. The van der Waals surface area contributed by atoms with Crippen LogP contribution in [0, 0.1) is 5.92 Å². The molecule has 4 nitrogen and oxygen atoms in total. The molecule has 25 heavy (non-hydrogen) atoms. The lowest BCUT2D eigenvalue weighted by atomic mass is 9.89. The normalized spacial score (nSPS) is 16.2. The maximum absolute atomic E-state index is 12.2. The lowest BCUT2D eigenvalue weighted by Gasteiger charge is -2.22. The largest absolute Gasteiger partial charge is 0.385 e. The second-order valence-corrected chi connectivity index (χ2v) is 6.83. The quantitative estimate of drug-likeness (QED) is 0.543. The van der Waals surface area contributed by atoms with Gasteiger partial charge in [-0.05, 0) is 42.0 Å². The number of hydroxylamine groups is 1. The first-order chi connectivity index (χ1) is 12.3. The van der Waals surface area contributed by atoms with Crippen molar-refractivity contribution in [3.63, 3.8) is 0 Å². The molecule has 1 aliphatic rings. The Kier molecular flexibility index (Phi) is 6.07. The van der Waals surface area contributed by atoms with E-state index in [-0.39, 0.29) is 0 Å². The molecule has 1 amide bonds. The summed E-state index contributed by atoms with van der Waals surface area (Å²) < 4.78 is 0. The van der Waals surface area contributed by atoms with E-state index in [9.17, 15) is 4.79 Å². The van der Waals surface area contributed by atoms with Crippen molar-refractivity contribution >= 4 is 11.6 Å². The van der Waals surface area contributed by atoms with E-state index in [0.29, 0.717) is 0 Å². The van der Waals surface area contributed by atoms with Gasteiger partial charge in [0.1, 0.15) is 0 Å². The second-order valence-electron chi connectivity index (χ2n) is 6.83. The summed E-state index contributed by atoms with van der Waals surface area (Å²) in [6.45, 7) is 1.01. The summed E-state index contributed by atoms with van der Waals surface area (Å²) in [7, 11) is 0. The minimum Gasteiger partial charge on any atom is -0.385 e.